The quantitative estimate of drug-likeness (QED) is 0.286. The van der Waals surface area contributed by atoms with Gasteiger partial charge in [-0.3, -0.25) is 4.79 Å². The van der Waals surface area contributed by atoms with E-state index in [-0.39, 0.29) is 33.6 Å². The molecule has 0 unspecified atom stereocenters. The molecule has 4 rings (SSSR count). The summed E-state index contributed by atoms with van der Waals surface area (Å²) in [7, 11) is 0. The van der Waals surface area contributed by atoms with Crippen molar-refractivity contribution < 1.29 is 44.9 Å². The van der Waals surface area contributed by atoms with Gasteiger partial charge in [-0.2, -0.15) is 0 Å². The van der Waals surface area contributed by atoms with Crippen LogP contribution < -0.4 is 5.43 Å². The number of ether oxygens (including phenoxy) is 1. The lowest BCUT2D eigenvalue weighted by Crippen LogP contribution is -2.53. The molecule has 2 aromatic carbocycles. The van der Waals surface area contributed by atoms with E-state index in [1.54, 1.807) is 0 Å². The zero-order valence-electron chi connectivity index (χ0n) is 16.1. The molecule has 1 aliphatic rings. The minimum absolute atomic E-state index is 0.108. The molecule has 1 aliphatic heterocycles. The maximum absolute atomic E-state index is 13.4. The van der Waals surface area contributed by atoms with Crippen molar-refractivity contribution in [2.24, 2.45) is 0 Å². The molecule has 3 aromatic rings. The van der Waals surface area contributed by atoms with Crippen LogP contribution in [0.4, 0.5) is 0 Å². The molecule has 0 saturated carbocycles. The van der Waals surface area contributed by atoms with E-state index in [9.17, 15) is 40.5 Å². The summed E-state index contributed by atoms with van der Waals surface area (Å²) in [5.41, 5.74) is -1.19. The lowest BCUT2D eigenvalue weighted by Gasteiger charge is -2.39. The Kier molecular flexibility index (Phi) is 5.02. The van der Waals surface area contributed by atoms with Crippen LogP contribution in [0.1, 0.15) is 18.6 Å². The number of aliphatic hydroxyl groups excluding tert-OH is 3. The summed E-state index contributed by atoms with van der Waals surface area (Å²) in [5, 5.41) is 70.0. The van der Waals surface area contributed by atoms with Gasteiger partial charge in [-0.25, -0.2) is 0 Å². The Labute approximate surface area is 174 Å². The fraction of sp³-hybridized carbons (Fsp3) is 0.286. The zero-order chi connectivity index (χ0) is 22.6. The SMILES string of the molecule is C[C@@H]1O[C@@H](c2c(-c3ccc(O)c(O)c3)oc3cc(O)cc(O)c3c2=O)[C@H](O)[C@H](O)[C@H]1O. The van der Waals surface area contributed by atoms with E-state index >= 15 is 0 Å². The predicted molar refractivity (Wildman–Crippen MR) is 106 cm³/mol. The number of benzene rings is 2. The molecule has 1 saturated heterocycles. The predicted octanol–water partition coefficient (Wildman–Crippen LogP) is 0.825. The van der Waals surface area contributed by atoms with Crippen molar-refractivity contribution in [1.29, 1.82) is 0 Å². The average molecular weight is 432 g/mol. The van der Waals surface area contributed by atoms with Crippen LogP contribution in [-0.2, 0) is 4.74 Å². The first kappa shape index (κ1) is 20.9. The van der Waals surface area contributed by atoms with Crippen LogP contribution in [-0.4, -0.2) is 60.2 Å². The fourth-order valence-corrected chi connectivity index (χ4v) is 3.73. The minimum Gasteiger partial charge on any atom is -0.508 e. The molecule has 1 fully saturated rings. The van der Waals surface area contributed by atoms with Gasteiger partial charge < -0.3 is 44.9 Å². The van der Waals surface area contributed by atoms with E-state index in [1.165, 1.54) is 13.0 Å². The molecule has 0 amide bonds. The van der Waals surface area contributed by atoms with Gasteiger partial charge in [-0.1, -0.05) is 0 Å². The number of phenols is 4. The highest BCUT2D eigenvalue weighted by Crippen LogP contribution is 2.41. The van der Waals surface area contributed by atoms with Gasteiger partial charge in [0.1, 0.15) is 52.6 Å². The van der Waals surface area contributed by atoms with Gasteiger partial charge in [0.2, 0.25) is 5.43 Å². The molecule has 10 nitrogen and oxygen atoms in total. The van der Waals surface area contributed by atoms with Crippen molar-refractivity contribution in [3.05, 3.63) is 46.1 Å². The van der Waals surface area contributed by atoms with E-state index < -0.39 is 53.2 Å². The Morgan fingerprint density at radius 1 is 0.839 bits per heavy atom. The highest BCUT2D eigenvalue weighted by molar-refractivity contribution is 5.87. The van der Waals surface area contributed by atoms with Crippen LogP contribution in [0.2, 0.25) is 0 Å². The Morgan fingerprint density at radius 3 is 2.23 bits per heavy atom. The highest BCUT2D eigenvalue weighted by Gasteiger charge is 2.45. The standard InChI is InChI=1S/C21H20O10/c1-7-16(26)18(28)19(29)21(30-7)15-17(27)14-12(25)5-9(22)6-13(14)31-20(15)8-2-3-10(23)11(24)4-8/h2-7,16,18-19,21-26,28-29H,1H3/t7-,16-,18+,19+,21-/m0/s1. The van der Waals surface area contributed by atoms with Crippen molar-refractivity contribution >= 4 is 11.0 Å². The Balaban J connectivity index is 2.05. The number of aromatic hydroxyl groups is 4. The third-order valence-electron chi connectivity index (χ3n) is 5.37. The number of hydrogen-bond acceptors (Lipinski definition) is 10. The summed E-state index contributed by atoms with van der Waals surface area (Å²) >= 11 is 0. The number of fused-ring (bicyclic) bond motifs is 1. The molecule has 5 atom stereocenters. The normalized spacial score (nSPS) is 26.3. The first-order chi connectivity index (χ1) is 14.6. The largest absolute Gasteiger partial charge is 0.508 e. The van der Waals surface area contributed by atoms with Crippen molar-refractivity contribution in [1.82, 2.24) is 0 Å². The lowest BCUT2D eigenvalue weighted by atomic mass is 9.89. The van der Waals surface area contributed by atoms with Gasteiger partial charge in [0.05, 0.1) is 11.7 Å². The van der Waals surface area contributed by atoms with Crippen LogP contribution >= 0.6 is 0 Å². The number of aliphatic hydroxyl groups is 3. The lowest BCUT2D eigenvalue weighted by molar-refractivity contribution is -0.219. The van der Waals surface area contributed by atoms with E-state index in [1.807, 2.05) is 0 Å². The Morgan fingerprint density at radius 2 is 1.55 bits per heavy atom. The van der Waals surface area contributed by atoms with Gasteiger partial charge >= 0.3 is 0 Å². The number of hydrogen-bond donors (Lipinski definition) is 7. The van der Waals surface area contributed by atoms with Crippen LogP contribution in [0.25, 0.3) is 22.3 Å². The highest BCUT2D eigenvalue weighted by atomic mass is 16.5. The summed E-state index contributed by atoms with van der Waals surface area (Å²) in [5.74, 6) is -2.09. The minimum atomic E-state index is -1.73. The molecule has 0 radical (unpaired) electrons. The second-order valence-corrected chi connectivity index (χ2v) is 7.45. The molecular formula is C21H20O10. The molecule has 10 heteroatoms. The Hall–Kier alpha value is -3.31. The van der Waals surface area contributed by atoms with Gasteiger partial charge in [0.15, 0.2) is 11.5 Å². The molecule has 7 N–H and O–H groups in total. The molecule has 0 aliphatic carbocycles. The van der Waals surface area contributed by atoms with Crippen molar-refractivity contribution in [2.75, 3.05) is 0 Å². The van der Waals surface area contributed by atoms with E-state index in [4.69, 9.17) is 9.15 Å². The summed E-state index contributed by atoms with van der Waals surface area (Å²) in [6, 6.07) is 5.63. The third kappa shape index (κ3) is 3.35. The fourth-order valence-electron chi connectivity index (χ4n) is 3.73. The molecule has 0 bridgehead atoms. The van der Waals surface area contributed by atoms with Crippen LogP contribution in [0.5, 0.6) is 23.0 Å². The van der Waals surface area contributed by atoms with Gasteiger partial charge in [-0.15, -0.1) is 0 Å². The van der Waals surface area contributed by atoms with Crippen molar-refractivity contribution in [2.45, 2.75) is 37.4 Å². The van der Waals surface area contributed by atoms with Gasteiger partial charge in [0.25, 0.3) is 0 Å². The molecular weight excluding hydrogens is 412 g/mol. The summed E-state index contributed by atoms with van der Waals surface area (Å²) < 4.78 is 11.4. The maximum Gasteiger partial charge on any atom is 0.203 e. The molecule has 1 aromatic heterocycles. The molecule has 31 heavy (non-hydrogen) atoms. The molecule has 2 heterocycles. The second-order valence-electron chi connectivity index (χ2n) is 7.45. The van der Waals surface area contributed by atoms with Crippen LogP contribution in [0.3, 0.4) is 0 Å². The van der Waals surface area contributed by atoms with E-state index in [2.05, 4.69) is 0 Å². The van der Waals surface area contributed by atoms with E-state index in [0.717, 1.165) is 24.3 Å². The molecule has 164 valence electrons. The Bertz CT molecular complexity index is 1220. The average Bonchev–Trinajstić information content (AvgIpc) is 2.70. The topological polar surface area (TPSA) is 181 Å². The van der Waals surface area contributed by atoms with Gasteiger partial charge in [0, 0.05) is 17.7 Å². The first-order valence-corrected chi connectivity index (χ1v) is 9.34. The number of phenolic OH excluding ortho intramolecular Hbond substituents is 4. The van der Waals surface area contributed by atoms with Gasteiger partial charge in [-0.05, 0) is 25.1 Å². The first-order valence-electron chi connectivity index (χ1n) is 9.34. The summed E-state index contributed by atoms with van der Waals surface area (Å²) in [6.45, 7) is 1.44. The summed E-state index contributed by atoms with van der Waals surface area (Å²) in [6.07, 6.45) is -7.21. The summed E-state index contributed by atoms with van der Waals surface area (Å²) in [4.78, 5) is 13.4. The van der Waals surface area contributed by atoms with Crippen molar-refractivity contribution in [3.8, 4) is 34.3 Å². The smallest absolute Gasteiger partial charge is 0.203 e. The number of rotatable bonds is 2. The zero-order valence-corrected chi connectivity index (χ0v) is 16.1. The second kappa shape index (κ2) is 7.43. The van der Waals surface area contributed by atoms with Crippen LogP contribution in [0.15, 0.2) is 39.5 Å². The molecule has 0 spiro atoms. The van der Waals surface area contributed by atoms with E-state index in [0.29, 0.717) is 0 Å². The van der Waals surface area contributed by atoms with Crippen molar-refractivity contribution in [3.63, 3.8) is 0 Å². The monoisotopic (exact) mass is 432 g/mol. The van der Waals surface area contributed by atoms with Crippen LogP contribution in [0, 0.1) is 0 Å². The third-order valence-corrected chi connectivity index (χ3v) is 5.37. The maximum atomic E-state index is 13.4.